The lowest BCUT2D eigenvalue weighted by Gasteiger charge is -2.05. The van der Waals surface area contributed by atoms with Gasteiger partial charge in [-0.1, -0.05) is 18.2 Å². The number of para-hydroxylation sites is 1. The highest BCUT2D eigenvalue weighted by Crippen LogP contribution is 2.18. The number of hydrogen-bond acceptors (Lipinski definition) is 2. The van der Waals surface area contributed by atoms with Gasteiger partial charge in [-0.2, -0.15) is 0 Å². The van der Waals surface area contributed by atoms with Gasteiger partial charge in [0, 0.05) is 5.56 Å². The van der Waals surface area contributed by atoms with E-state index >= 15 is 0 Å². The number of hydrogen-bond donors (Lipinski definition) is 0. The first-order chi connectivity index (χ1) is 6.38. The second-order valence-electron chi connectivity index (χ2n) is 2.47. The molecule has 0 amide bonds. The SMILES string of the molecule is CCOc1ccccc1/C=C/C=O. The first-order valence-electron chi connectivity index (χ1n) is 4.22. The highest BCUT2D eigenvalue weighted by atomic mass is 16.5. The van der Waals surface area contributed by atoms with E-state index in [-0.39, 0.29) is 0 Å². The van der Waals surface area contributed by atoms with Crippen LogP contribution in [0.15, 0.2) is 30.3 Å². The van der Waals surface area contributed by atoms with E-state index in [9.17, 15) is 4.79 Å². The van der Waals surface area contributed by atoms with Crippen LogP contribution in [-0.4, -0.2) is 12.9 Å². The topological polar surface area (TPSA) is 26.3 Å². The minimum absolute atomic E-state index is 0.631. The molecule has 0 radical (unpaired) electrons. The average molecular weight is 176 g/mol. The van der Waals surface area contributed by atoms with Crippen molar-refractivity contribution >= 4 is 12.4 Å². The summed E-state index contributed by atoms with van der Waals surface area (Å²) in [4.78, 5) is 10.1. The van der Waals surface area contributed by atoms with Crippen molar-refractivity contribution in [2.24, 2.45) is 0 Å². The van der Waals surface area contributed by atoms with Crippen LogP contribution >= 0.6 is 0 Å². The number of carbonyl (C=O) groups excluding carboxylic acids is 1. The maximum Gasteiger partial charge on any atom is 0.142 e. The fourth-order valence-electron chi connectivity index (χ4n) is 1.05. The van der Waals surface area contributed by atoms with Crippen molar-refractivity contribution in [1.82, 2.24) is 0 Å². The predicted octanol–water partition coefficient (Wildman–Crippen LogP) is 2.30. The lowest BCUT2D eigenvalue weighted by atomic mass is 10.2. The molecule has 2 nitrogen and oxygen atoms in total. The first kappa shape index (κ1) is 9.52. The van der Waals surface area contributed by atoms with Crippen LogP contribution in [0.4, 0.5) is 0 Å². The zero-order chi connectivity index (χ0) is 9.52. The molecule has 1 aromatic carbocycles. The highest BCUT2D eigenvalue weighted by Gasteiger charge is 1.96. The molecule has 0 bridgehead atoms. The smallest absolute Gasteiger partial charge is 0.142 e. The van der Waals surface area contributed by atoms with Crippen molar-refractivity contribution in [3.63, 3.8) is 0 Å². The molecule has 0 saturated carbocycles. The molecule has 0 aromatic heterocycles. The van der Waals surface area contributed by atoms with Crippen LogP contribution < -0.4 is 4.74 Å². The van der Waals surface area contributed by atoms with E-state index in [0.717, 1.165) is 17.6 Å². The molecular weight excluding hydrogens is 164 g/mol. The van der Waals surface area contributed by atoms with E-state index in [4.69, 9.17) is 4.74 Å². The summed E-state index contributed by atoms with van der Waals surface area (Å²) in [5.74, 6) is 0.808. The van der Waals surface area contributed by atoms with E-state index in [1.54, 1.807) is 6.08 Å². The third kappa shape index (κ3) is 2.75. The van der Waals surface area contributed by atoms with Crippen molar-refractivity contribution < 1.29 is 9.53 Å². The third-order valence-corrected chi connectivity index (χ3v) is 1.57. The first-order valence-corrected chi connectivity index (χ1v) is 4.22. The predicted molar refractivity (Wildman–Crippen MR) is 52.7 cm³/mol. The van der Waals surface area contributed by atoms with Gasteiger partial charge in [-0.15, -0.1) is 0 Å². The van der Waals surface area contributed by atoms with Gasteiger partial charge in [-0.3, -0.25) is 4.79 Å². The molecule has 13 heavy (non-hydrogen) atoms. The Morgan fingerprint density at radius 1 is 1.38 bits per heavy atom. The Balaban J connectivity index is 2.90. The number of rotatable bonds is 4. The van der Waals surface area contributed by atoms with E-state index in [2.05, 4.69) is 0 Å². The Morgan fingerprint density at radius 2 is 2.15 bits per heavy atom. The highest BCUT2D eigenvalue weighted by molar-refractivity contribution is 5.75. The molecule has 0 fully saturated rings. The molecule has 0 heterocycles. The van der Waals surface area contributed by atoms with Crippen LogP contribution in [0.3, 0.4) is 0 Å². The number of benzene rings is 1. The number of aldehydes is 1. The van der Waals surface area contributed by atoms with Crippen molar-refractivity contribution in [2.45, 2.75) is 6.92 Å². The monoisotopic (exact) mass is 176 g/mol. The Hall–Kier alpha value is -1.57. The van der Waals surface area contributed by atoms with Gasteiger partial charge in [0.15, 0.2) is 0 Å². The zero-order valence-corrected chi connectivity index (χ0v) is 7.57. The molecule has 68 valence electrons. The Bertz CT molecular complexity index is 303. The van der Waals surface area contributed by atoms with Crippen LogP contribution in [0.25, 0.3) is 6.08 Å². The lowest BCUT2D eigenvalue weighted by Crippen LogP contribution is -1.92. The minimum atomic E-state index is 0.631. The number of allylic oxidation sites excluding steroid dienone is 1. The molecule has 1 rings (SSSR count). The van der Waals surface area contributed by atoms with Gasteiger partial charge < -0.3 is 4.74 Å². The van der Waals surface area contributed by atoms with Gasteiger partial charge in [0.1, 0.15) is 12.0 Å². The average Bonchev–Trinajstić information content (AvgIpc) is 2.17. The van der Waals surface area contributed by atoms with E-state index in [0.29, 0.717) is 6.61 Å². The number of carbonyl (C=O) groups is 1. The minimum Gasteiger partial charge on any atom is -0.493 e. The summed E-state index contributed by atoms with van der Waals surface area (Å²) in [7, 11) is 0. The summed E-state index contributed by atoms with van der Waals surface area (Å²) < 4.78 is 5.37. The zero-order valence-electron chi connectivity index (χ0n) is 7.57. The second-order valence-corrected chi connectivity index (χ2v) is 2.47. The Kier molecular flexibility index (Phi) is 3.76. The summed E-state index contributed by atoms with van der Waals surface area (Å²) in [5.41, 5.74) is 0.927. The fourth-order valence-corrected chi connectivity index (χ4v) is 1.05. The van der Waals surface area contributed by atoms with Crippen LogP contribution in [0.2, 0.25) is 0 Å². The summed E-state index contributed by atoms with van der Waals surface area (Å²) in [5, 5.41) is 0. The van der Waals surface area contributed by atoms with Crippen LogP contribution in [0, 0.1) is 0 Å². The summed E-state index contributed by atoms with van der Waals surface area (Å²) in [6, 6.07) is 7.61. The van der Waals surface area contributed by atoms with E-state index < -0.39 is 0 Å². The van der Waals surface area contributed by atoms with Crippen molar-refractivity contribution in [2.75, 3.05) is 6.61 Å². The Morgan fingerprint density at radius 3 is 2.85 bits per heavy atom. The molecule has 0 saturated heterocycles. The van der Waals surface area contributed by atoms with Crippen molar-refractivity contribution in [1.29, 1.82) is 0 Å². The number of ether oxygens (including phenoxy) is 1. The van der Waals surface area contributed by atoms with Gasteiger partial charge in [0.2, 0.25) is 0 Å². The van der Waals surface area contributed by atoms with Crippen molar-refractivity contribution in [3.05, 3.63) is 35.9 Å². The van der Waals surface area contributed by atoms with Crippen LogP contribution in [0.5, 0.6) is 5.75 Å². The maximum atomic E-state index is 10.1. The molecular formula is C11H12O2. The standard InChI is InChI=1S/C11H12O2/c1-2-13-11-8-4-3-6-10(11)7-5-9-12/h3-9H,2H2,1H3/b7-5+. The molecule has 2 heteroatoms. The summed E-state index contributed by atoms with van der Waals surface area (Å²) in [6.07, 6.45) is 3.94. The third-order valence-electron chi connectivity index (χ3n) is 1.57. The van der Waals surface area contributed by atoms with Crippen LogP contribution in [0.1, 0.15) is 12.5 Å². The lowest BCUT2D eigenvalue weighted by molar-refractivity contribution is -0.104. The molecule has 1 aromatic rings. The van der Waals surface area contributed by atoms with E-state index in [1.807, 2.05) is 31.2 Å². The van der Waals surface area contributed by atoms with E-state index in [1.165, 1.54) is 6.08 Å². The second kappa shape index (κ2) is 5.14. The largest absolute Gasteiger partial charge is 0.493 e. The molecule has 0 N–H and O–H groups in total. The quantitative estimate of drug-likeness (QED) is 0.519. The molecule has 0 atom stereocenters. The van der Waals surface area contributed by atoms with Gasteiger partial charge in [-0.25, -0.2) is 0 Å². The van der Waals surface area contributed by atoms with Gasteiger partial charge in [0.05, 0.1) is 6.61 Å². The fraction of sp³-hybridized carbons (Fsp3) is 0.182. The van der Waals surface area contributed by atoms with Crippen molar-refractivity contribution in [3.8, 4) is 5.75 Å². The van der Waals surface area contributed by atoms with Crippen LogP contribution in [-0.2, 0) is 4.79 Å². The van der Waals surface area contributed by atoms with Gasteiger partial charge in [0.25, 0.3) is 0 Å². The normalized spacial score (nSPS) is 10.2. The molecule has 0 aliphatic heterocycles. The molecule has 0 aliphatic carbocycles. The summed E-state index contributed by atoms with van der Waals surface area (Å²) in [6.45, 7) is 2.56. The Labute approximate surface area is 77.8 Å². The molecule has 0 unspecified atom stereocenters. The molecule has 0 aliphatic rings. The van der Waals surface area contributed by atoms with Gasteiger partial charge in [-0.05, 0) is 25.1 Å². The maximum absolute atomic E-state index is 10.1. The van der Waals surface area contributed by atoms with Gasteiger partial charge >= 0.3 is 0 Å². The summed E-state index contributed by atoms with van der Waals surface area (Å²) >= 11 is 0. The molecule has 0 spiro atoms.